The highest BCUT2D eigenvalue weighted by Crippen LogP contribution is 2.30. The zero-order valence-corrected chi connectivity index (χ0v) is 15.7. The third kappa shape index (κ3) is 4.64. The van der Waals surface area contributed by atoms with Gasteiger partial charge >= 0.3 is 5.97 Å². The van der Waals surface area contributed by atoms with E-state index in [9.17, 15) is 10.0 Å². The van der Waals surface area contributed by atoms with Crippen molar-refractivity contribution in [1.82, 2.24) is 15.2 Å². The quantitative estimate of drug-likeness (QED) is 0.278. The van der Waals surface area contributed by atoms with Gasteiger partial charge in [0.1, 0.15) is 0 Å². The number of carbonyl (C=O) groups is 1. The molecule has 0 amide bonds. The van der Waals surface area contributed by atoms with E-state index in [0.717, 1.165) is 39.6 Å². The van der Waals surface area contributed by atoms with E-state index in [1.165, 1.54) is 0 Å². The maximum absolute atomic E-state index is 10.7. The van der Waals surface area contributed by atoms with Crippen molar-refractivity contribution < 1.29 is 20.6 Å². The topological polar surface area (TPSA) is 119 Å². The monoisotopic (exact) mass is 386 g/mol. The smallest absolute Gasteiger partial charge is 0.313 e. The number of hydrogen-bond donors (Lipinski definition) is 4. The van der Waals surface area contributed by atoms with Crippen LogP contribution in [0.15, 0.2) is 47.6 Å². The van der Waals surface area contributed by atoms with Crippen molar-refractivity contribution in [3.8, 4) is 22.5 Å². The van der Waals surface area contributed by atoms with E-state index in [-0.39, 0.29) is 5.75 Å². The minimum absolute atomic E-state index is 0.107. The molecule has 9 heteroatoms. The van der Waals surface area contributed by atoms with Crippen molar-refractivity contribution in [2.45, 2.75) is 5.16 Å². The number of anilines is 1. The number of benzene rings is 2. The van der Waals surface area contributed by atoms with E-state index >= 15 is 0 Å². The average Bonchev–Trinajstić information content (AvgIpc) is 3.15. The standard InChI is InChI=1S/C18H19N5O3S/c1-23(2)15-5-3-4-11(9-15)12-6-13(8-14(7-12)22-26)17-19-18(21-20-17)27-10-16(24)25/h3-9,22,26H,10H2,1-2H3,(H,24,25)(H,19,20,21)/p+1. The van der Waals surface area contributed by atoms with E-state index in [1.54, 1.807) is 6.07 Å². The van der Waals surface area contributed by atoms with Crippen LogP contribution < -0.4 is 10.4 Å². The first kappa shape index (κ1) is 18.9. The summed E-state index contributed by atoms with van der Waals surface area (Å²) in [6.07, 6.45) is 0. The van der Waals surface area contributed by atoms with Crippen molar-refractivity contribution in [3.05, 3.63) is 42.5 Å². The zero-order chi connectivity index (χ0) is 19.4. The summed E-state index contributed by atoms with van der Waals surface area (Å²) >= 11 is 1.04. The van der Waals surface area contributed by atoms with Crippen LogP contribution in [0.2, 0.25) is 0 Å². The Kier molecular flexibility index (Phi) is 5.75. The van der Waals surface area contributed by atoms with Gasteiger partial charge in [0.2, 0.25) is 5.16 Å². The molecule has 5 N–H and O–H groups in total. The first-order valence-corrected chi connectivity index (χ1v) is 9.12. The average molecular weight is 386 g/mol. The largest absolute Gasteiger partial charge is 0.481 e. The van der Waals surface area contributed by atoms with Gasteiger partial charge in [-0.2, -0.15) is 5.48 Å². The van der Waals surface area contributed by atoms with Gasteiger partial charge in [-0.05, 0) is 29.3 Å². The molecule has 0 fully saturated rings. The van der Waals surface area contributed by atoms with Crippen LogP contribution >= 0.6 is 11.8 Å². The Morgan fingerprint density at radius 3 is 2.67 bits per heavy atom. The summed E-state index contributed by atoms with van der Waals surface area (Å²) in [4.78, 5) is 17.0. The molecule has 1 heterocycles. The number of nitrogens with two attached hydrogens (primary N) is 1. The van der Waals surface area contributed by atoms with Crippen LogP contribution in [-0.4, -0.2) is 51.3 Å². The summed E-state index contributed by atoms with van der Waals surface area (Å²) in [5.41, 5.74) is 5.42. The molecule has 3 aromatic rings. The van der Waals surface area contributed by atoms with Crippen LogP contribution in [0.1, 0.15) is 0 Å². The highest BCUT2D eigenvalue weighted by Gasteiger charge is 2.13. The van der Waals surface area contributed by atoms with Gasteiger partial charge in [-0.3, -0.25) is 9.89 Å². The number of rotatable bonds is 7. The molecule has 1 aromatic heterocycles. The Labute approximate surface area is 160 Å². The third-order valence-electron chi connectivity index (χ3n) is 3.86. The molecule has 0 aliphatic rings. The SMILES string of the molecule is CN(C)c1cccc(-c2cc([NH2+]O)cc(-c3nc(SCC(=O)O)n[nH]3)c2)c1. The molecule has 0 radical (unpaired) electrons. The van der Waals surface area contributed by atoms with Crippen LogP contribution in [0.5, 0.6) is 0 Å². The summed E-state index contributed by atoms with van der Waals surface area (Å²) in [7, 11) is 3.96. The van der Waals surface area contributed by atoms with Crippen molar-refractivity contribution in [2.75, 3.05) is 24.7 Å². The van der Waals surface area contributed by atoms with Gasteiger partial charge in [0.15, 0.2) is 11.5 Å². The highest BCUT2D eigenvalue weighted by atomic mass is 32.2. The van der Waals surface area contributed by atoms with E-state index < -0.39 is 5.97 Å². The number of nitrogens with zero attached hydrogens (tertiary/aromatic N) is 3. The number of carboxylic acids is 1. The van der Waals surface area contributed by atoms with Crippen LogP contribution in [0.3, 0.4) is 0 Å². The van der Waals surface area contributed by atoms with Crippen molar-refractivity contribution in [3.63, 3.8) is 0 Å². The first-order chi connectivity index (χ1) is 13.0. The molecule has 0 saturated carbocycles. The minimum Gasteiger partial charge on any atom is -0.481 e. The van der Waals surface area contributed by atoms with Gasteiger partial charge in [0.05, 0.1) is 5.75 Å². The van der Waals surface area contributed by atoms with Crippen molar-refractivity contribution in [1.29, 1.82) is 0 Å². The Morgan fingerprint density at radius 2 is 1.96 bits per heavy atom. The number of carboxylic acid groups (broad SMARTS) is 1. The summed E-state index contributed by atoms with van der Waals surface area (Å²) < 4.78 is 0. The Hall–Kier alpha value is -2.88. The molecular formula is C18H20N5O3S+. The molecule has 0 bridgehead atoms. The number of aromatic nitrogens is 3. The normalized spacial score (nSPS) is 10.8. The minimum atomic E-state index is -0.925. The number of H-pyrrole nitrogens is 1. The summed E-state index contributed by atoms with van der Waals surface area (Å²) in [5, 5.41) is 25.5. The second-order valence-corrected chi connectivity index (χ2v) is 7.01. The maximum Gasteiger partial charge on any atom is 0.313 e. The molecule has 0 atom stereocenters. The Bertz CT molecular complexity index is 958. The second kappa shape index (κ2) is 8.21. The van der Waals surface area contributed by atoms with E-state index in [2.05, 4.69) is 21.2 Å². The number of thioether (sulfide) groups is 1. The Morgan fingerprint density at radius 1 is 1.19 bits per heavy atom. The number of nitrogens with one attached hydrogen (secondary N) is 1. The lowest BCUT2D eigenvalue weighted by molar-refractivity contribution is -0.825. The zero-order valence-electron chi connectivity index (χ0n) is 14.9. The van der Waals surface area contributed by atoms with Gasteiger partial charge in [-0.25, -0.2) is 10.2 Å². The molecular weight excluding hydrogens is 366 g/mol. The van der Waals surface area contributed by atoms with Crippen LogP contribution in [0, 0.1) is 0 Å². The maximum atomic E-state index is 10.7. The molecule has 27 heavy (non-hydrogen) atoms. The van der Waals surface area contributed by atoms with E-state index in [0.29, 0.717) is 16.7 Å². The summed E-state index contributed by atoms with van der Waals surface area (Å²) in [5.74, 6) is -0.521. The van der Waals surface area contributed by atoms with Crippen LogP contribution in [-0.2, 0) is 4.79 Å². The van der Waals surface area contributed by atoms with Gasteiger partial charge in [0.25, 0.3) is 0 Å². The van der Waals surface area contributed by atoms with Crippen LogP contribution in [0.25, 0.3) is 22.5 Å². The third-order valence-corrected chi connectivity index (χ3v) is 4.70. The molecule has 140 valence electrons. The molecule has 0 spiro atoms. The van der Waals surface area contributed by atoms with Gasteiger partial charge in [0, 0.05) is 37.5 Å². The lowest BCUT2D eigenvalue weighted by Crippen LogP contribution is -2.73. The Balaban J connectivity index is 1.97. The summed E-state index contributed by atoms with van der Waals surface area (Å²) in [6, 6.07) is 13.7. The fourth-order valence-electron chi connectivity index (χ4n) is 2.56. The molecule has 2 aromatic carbocycles. The fourth-order valence-corrected chi connectivity index (χ4v) is 3.08. The molecule has 3 rings (SSSR count). The molecule has 0 saturated heterocycles. The lowest BCUT2D eigenvalue weighted by Gasteiger charge is -2.14. The number of aliphatic carboxylic acids is 1. The predicted octanol–water partition coefficient (Wildman–Crippen LogP) is 1.97. The number of hydrogen-bond acceptors (Lipinski definition) is 6. The van der Waals surface area contributed by atoms with E-state index in [1.807, 2.05) is 49.3 Å². The number of aromatic amines is 1. The summed E-state index contributed by atoms with van der Waals surface area (Å²) in [6.45, 7) is 0. The molecule has 0 aliphatic carbocycles. The van der Waals surface area contributed by atoms with E-state index in [4.69, 9.17) is 5.11 Å². The predicted molar refractivity (Wildman–Crippen MR) is 103 cm³/mol. The molecule has 8 nitrogen and oxygen atoms in total. The fraction of sp³-hybridized carbons (Fsp3) is 0.167. The lowest BCUT2D eigenvalue weighted by atomic mass is 10.0. The number of quaternary nitrogens is 1. The van der Waals surface area contributed by atoms with Gasteiger partial charge in [-0.15, -0.1) is 5.10 Å². The van der Waals surface area contributed by atoms with Crippen LogP contribution in [0.4, 0.5) is 11.4 Å². The second-order valence-electron chi connectivity index (χ2n) is 6.07. The van der Waals surface area contributed by atoms with Gasteiger partial charge < -0.3 is 10.0 Å². The molecule has 0 unspecified atom stereocenters. The van der Waals surface area contributed by atoms with Gasteiger partial charge in [-0.1, -0.05) is 23.9 Å². The highest BCUT2D eigenvalue weighted by molar-refractivity contribution is 7.99. The van der Waals surface area contributed by atoms with Crippen molar-refractivity contribution >= 4 is 29.1 Å². The first-order valence-electron chi connectivity index (χ1n) is 8.14. The van der Waals surface area contributed by atoms with Crippen molar-refractivity contribution in [2.24, 2.45) is 0 Å². The molecule has 0 aliphatic heterocycles.